The third kappa shape index (κ3) is 2.05. The molecule has 0 unspecified atom stereocenters. The topological polar surface area (TPSA) is 42.1 Å². The first-order valence-corrected chi connectivity index (χ1v) is 6.08. The molecule has 0 amide bonds. The molecule has 0 fully saturated rings. The van der Waals surface area contributed by atoms with Gasteiger partial charge in [-0.2, -0.15) is 0 Å². The number of aryl methyl sites for hydroxylation is 1. The van der Waals surface area contributed by atoms with Crippen molar-refractivity contribution in [3.63, 3.8) is 0 Å². The monoisotopic (exact) mass is 229 g/mol. The molecule has 2 aromatic rings. The van der Waals surface area contributed by atoms with Crippen molar-refractivity contribution in [3.05, 3.63) is 29.8 Å². The Balaban J connectivity index is 2.65. The second kappa shape index (κ2) is 4.62. The lowest BCUT2D eigenvalue weighted by Gasteiger charge is -2.21. The predicted octanol–water partition coefficient (Wildman–Crippen LogP) is 2.97. The van der Waals surface area contributed by atoms with E-state index in [4.69, 9.17) is 5.73 Å². The van der Waals surface area contributed by atoms with E-state index in [1.54, 1.807) is 0 Å². The van der Waals surface area contributed by atoms with Crippen LogP contribution < -0.4 is 10.6 Å². The third-order valence-corrected chi connectivity index (χ3v) is 3.15. The maximum Gasteiger partial charge on any atom is 0.129 e. The Labute approximate surface area is 102 Å². The van der Waals surface area contributed by atoms with E-state index in [2.05, 4.69) is 42.8 Å². The van der Waals surface area contributed by atoms with Gasteiger partial charge in [0.1, 0.15) is 5.82 Å². The summed E-state index contributed by atoms with van der Waals surface area (Å²) in [4.78, 5) is 6.91. The van der Waals surface area contributed by atoms with Crippen molar-refractivity contribution in [1.82, 2.24) is 4.98 Å². The number of nitrogens with zero attached hydrogens (tertiary/aromatic N) is 2. The van der Waals surface area contributed by atoms with Crippen molar-refractivity contribution in [2.24, 2.45) is 0 Å². The summed E-state index contributed by atoms with van der Waals surface area (Å²) < 4.78 is 0. The molecule has 2 N–H and O–H groups in total. The minimum atomic E-state index is 0.750. The fraction of sp³-hybridized carbons (Fsp3) is 0.357. The van der Waals surface area contributed by atoms with E-state index in [0.29, 0.717) is 0 Å². The van der Waals surface area contributed by atoms with Gasteiger partial charge in [0.25, 0.3) is 0 Å². The summed E-state index contributed by atoms with van der Waals surface area (Å²) in [6, 6.07) is 8.08. The number of pyridine rings is 1. The lowest BCUT2D eigenvalue weighted by atomic mass is 10.1. The van der Waals surface area contributed by atoms with Crippen LogP contribution in [0, 0.1) is 6.92 Å². The molecule has 1 aromatic carbocycles. The number of fused-ring (bicyclic) bond motifs is 1. The highest BCUT2D eigenvalue weighted by Crippen LogP contribution is 2.26. The van der Waals surface area contributed by atoms with Crippen molar-refractivity contribution in [1.29, 1.82) is 0 Å². The van der Waals surface area contributed by atoms with E-state index in [1.165, 1.54) is 5.56 Å². The molecule has 90 valence electrons. The van der Waals surface area contributed by atoms with Crippen molar-refractivity contribution < 1.29 is 0 Å². The van der Waals surface area contributed by atoms with Gasteiger partial charge in [0.2, 0.25) is 0 Å². The van der Waals surface area contributed by atoms with Crippen molar-refractivity contribution in [2.45, 2.75) is 20.8 Å². The van der Waals surface area contributed by atoms with Gasteiger partial charge in [-0.05, 0) is 38.5 Å². The number of benzene rings is 1. The molecule has 0 bridgehead atoms. The minimum absolute atomic E-state index is 0.750. The molecule has 3 heteroatoms. The van der Waals surface area contributed by atoms with Gasteiger partial charge in [0, 0.05) is 18.5 Å². The number of para-hydroxylation sites is 1. The molecular weight excluding hydrogens is 210 g/mol. The zero-order valence-electron chi connectivity index (χ0n) is 10.7. The Kier molecular flexibility index (Phi) is 3.18. The Bertz CT molecular complexity index is 530. The van der Waals surface area contributed by atoms with Crippen molar-refractivity contribution >= 4 is 22.4 Å². The standard InChI is InChI=1S/C14H19N3/c1-4-17(5-2)13-9-10(3)11-7-6-8-12(15)14(11)16-13/h6-9H,4-5,15H2,1-3H3. The minimum Gasteiger partial charge on any atom is -0.397 e. The Morgan fingerprint density at radius 3 is 2.59 bits per heavy atom. The fourth-order valence-corrected chi connectivity index (χ4v) is 2.13. The van der Waals surface area contributed by atoms with Gasteiger partial charge in [-0.25, -0.2) is 4.98 Å². The maximum atomic E-state index is 6.00. The van der Waals surface area contributed by atoms with Crippen LogP contribution in [0.4, 0.5) is 11.5 Å². The molecule has 1 aromatic heterocycles. The van der Waals surface area contributed by atoms with E-state index in [-0.39, 0.29) is 0 Å². The van der Waals surface area contributed by atoms with Gasteiger partial charge < -0.3 is 10.6 Å². The van der Waals surface area contributed by atoms with Gasteiger partial charge in [-0.3, -0.25) is 0 Å². The van der Waals surface area contributed by atoms with Gasteiger partial charge >= 0.3 is 0 Å². The van der Waals surface area contributed by atoms with Crippen LogP contribution in [-0.4, -0.2) is 18.1 Å². The van der Waals surface area contributed by atoms with E-state index in [1.807, 2.05) is 12.1 Å². The summed E-state index contributed by atoms with van der Waals surface area (Å²) in [7, 11) is 0. The molecule has 0 saturated carbocycles. The molecule has 0 radical (unpaired) electrons. The van der Waals surface area contributed by atoms with Gasteiger partial charge in [0.05, 0.1) is 11.2 Å². The normalized spacial score (nSPS) is 10.8. The first-order chi connectivity index (χ1) is 8.17. The fourth-order valence-electron chi connectivity index (χ4n) is 2.13. The average molecular weight is 229 g/mol. The van der Waals surface area contributed by atoms with E-state index in [9.17, 15) is 0 Å². The molecule has 2 rings (SSSR count). The highest BCUT2D eigenvalue weighted by molar-refractivity contribution is 5.92. The highest BCUT2D eigenvalue weighted by atomic mass is 15.2. The van der Waals surface area contributed by atoms with E-state index in [0.717, 1.165) is 35.5 Å². The lowest BCUT2D eigenvalue weighted by molar-refractivity contribution is 0.849. The first kappa shape index (κ1) is 11.7. The number of nitrogen functional groups attached to an aromatic ring is 1. The van der Waals surface area contributed by atoms with Gasteiger partial charge in [-0.15, -0.1) is 0 Å². The van der Waals surface area contributed by atoms with E-state index >= 15 is 0 Å². The van der Waals surface area contributed by atoms with Crippen LogP contribution in [0.3, 0.4) is 0 Å². The highest BCUT2D eigenvalue weighted by Gasteiger charge is 2.08. The summed E-state index contributed by atoms with van der Waals surface area (Å²) in [6.07, 6.45) is 0. The van der Waals surface area contributed by atoms with Crippen LogP contribution in [0.25, 0.3) is 10.9 Å². The molecule has 0 saturated heterocycles. The van der Waals surface area contributed by atoms with E-state index < -0.39 is 0 Å². The van der Waals surface area contributed by atoms with Crippen molar-refractivity contribution in [3.8, 4) is 0 Å². The summed E-state index contributed by atoms with van der Waals surface area (Å²) >= 11 is 0. The number of rotatable bonds is 3. The first-order valence-electron chi connectivity index (χ1n) is 6.08. The van der Waals surface area contributed by atoms with Crippen molar-refractivity contribution in [2.75, 3.05) is 23.7 Å². The molecule has 1 heterocycles. The summed E-state index contributed by atoms with van der Waals surface area (Å²) in [6.45, 7) is 8.30. The Hall–Kier alpha value is -1.77. The molecule has 0 spiro atoms. The quantitative estimate of drug-likeness (QED) is 0.823. The molecule has 0 aliphatic heterocycles. The van der Waals surface area contributed by atoms with Crippen LogP contribution in [0.15, 0.2) is 24.3 Å². The summed E-state index contributed by atoms with van der Waals surface area (Å²) in [5, 5.41) is 1.14. The maximum absolute atomic E-state index is 6.00. The SMILES string of the molecule is CCN(CC)c1cc(C)c2cccc(N)c2n1. The molecule has 3 nitrogen and oxygen atoms in total. The molecule has 0 atom stereocenters. The molecule has 17 heavy (non-hydrogen) atoms. The molecular formula is C14H19N3. The van der Waals surface area contributed by atoms with Crippen LogP contribution in [-0.2, 0) is 0 Å². The summed E-state index contributed by atoms with van der Waals surface area (Å²) in [5.41, 5.74) is 8.88. The number of hydrogen-bond acceptors (Lipinski definition) is 3. The number of hydrogen-bond donors (Lipinski definition) is 1. The number of aromatic nitrogens is 1. The second-order valence-electron chi connectivity index (χ2n) is 4.21. The molecule has 0 aliphatic rings. The summed E-state index contributed by atoms with van der Waals surface area (Å²) in [5.74, 6) is 1.01. The van der Waals surface area contributed by atoms with Gasteiger partial charge in [0.15, 0.2) is 0 Å². The molecule has 0 aliphatic carbocycles. The van der Waals surface area contributed by atoms with Crippen LogP contribution in [0.1, 0.15) is 19.4 Å². The Morgan fingerprint density at radius 2 is 1.94 bits per heavy atom. The van der Waals surface area contributed by atoms with Gasteiger partial charge in [-0.1, -0.05) is 12.1 Å². The third-order valence-electron chi connectivity index (χ3n) is 3.15. The number of anilines is 2. The zero-order valence-corrected chi connectivity index (χ0v) is 10.7. The van der Waals surface area contributed by atoms with Crippen LogP contribution in [0.2, 0.25) is 0 Å². The predicted molar refractivity (Wildman–Crippen MR) is 74.5 cm³/mol. The number of nitrogens with two attached hydrogens (primary N) is 1. The Morgan fingerprint density at radius 1 is 1.24 bits per heavy atom. The lowest BCUT2D eigenvalue weighted by Crippen LogP contribution is -2.23. The zero-order chi connectivity index (χ0) is 12.4. The van der Waals surface area contributed by atoms with Crippen LogP contribution >= 0.6 is 0 Å². The smallest absolute Gasteiger partial charge is 0.129 e. The average Bonchev–Trinajstić information content (AvgIpc) is 2.32. The largest absolute Gasteiger partial charge is 0.397 e. The second-order valence-corrected chi connectivity index (χ2v) is 4.21. The van der Waals surface area contributed by atoms with Crippen LogP contribution in [0.5, 0.6) is 0 Å².